The van der Waals surface area contributed by atoms with Crippen LogP contribution in [0.5, 0.6) is 0 Å². The Bertz CT molecular complexity index is 510. The Morgan fingerprint density at radius 1 is 1.29 bits per heavy atom. The Kier molecular flexibility index (Phi) is 5.33. The van der Waals surface area contributed by atoms with Gasteiger partial charge in [0.1, 0.15) is 0 Å². The lowest BCUT2D eigenvalue weighted by Crippen LogP contribution is -2.34. The number of nitrogens with one attached hydrogen (secondary N) is 3. The maximum absolute atomic E-state index is 11.7. The molecule has 0 radical (unpaired) electrons. The van der Waals surface area contributed by atoms with E-state index in [9.17, 15) is 9.59 Å². The van der Waals surface area contributed by atoms with E-state index in [0.29, 0.717) is 19.1 Å². The summed E-state index contributed by atoms with van der Waals surface area (Å²) in [5.41, 5.74) is 1.73. The Morgan fingerprint density at radius 3 is 2.71 bits per heavy atom. The second-order valence-corrected chi connectivity index (χ2v) is 5.78. The number of anilines is 1. The van der Waals surface area contributed by atoms with Crippen molar-refractivity contribution in [3.05, 3.63) is 29.8 Å². The maximum atomic E-state index is 11.7. The van der Waals surface area contributed by atoms with Crippen molar-refractivity contribution in [1.29, 1.82) is 0 Å². The van der Waals surface area contributed by atoms with Gasteiger partial charge in [-0.1, -0.05) is 26.0 Å². The molecule has 1 aromatic carbocycles. The van der Waals surface area contributed by atoms with Crippen LogP contribution in [0.4, 0.5) is 5.69 Å². The van der Waals surface area contributed by atoms with Crippen molar-refractivity contribution in [2.24, 2.45) is 5.92 Å². The minimum atomic E-state index is -0.0538. The lowest BCUT2D eigenvalue weighted by Gasteiger charge is -2.10. The zero-order valence-electron chi connectivity index (χ0n) is 12.6. The fraction of sp³-hybridized carbons (Fsp3) is 0.500. The molecule has 0 aromatic heterocycles. The van der Waals surface area contributed by atoms with E-state index < -0.39 is 0 Å². The number of carbonyl (C=O) groups is 2. The van der Waals surface area contributed by atoms with Crippen LogP contribution in [0.3, 0.4) is 0 Å². The largest absolute Gasteiger partial charge is 0.351 e. The molecule has 0 spiro atoms. The molecule has 0 bridgehead atoms. The predicted octanol–water partition coefficient (Wildman–Crippen LogP) is 1.65. The van der Waals surface area contributed by atoms with Crippen LogP contribution in [0.25, 0.3) is 0 Å². The van der Waals surface area contributed by atoms with Crippen LogP contribution < -0.4 is 16.0 Å². The summed E-state index contributed by atoms with van der Waals surface area (Å²) in [4.78, 5) is 23.3. The molecule has 0 aliphatic heterocycles. The van der Waals surface area contributed by atoms with E-state index in [1.165, 1.54) is 12.8 Å². The molecular formula is C16H23N3O2. The Labute approximate surface area is 125 Å². The smallest absolute Gasteiger partial charge is 0.234 e. The molecule has 0 unspecified atom stereocenters. The van der Waals surface area contributed by atoms with E-state index in [-0.39, 0.29) is 17.7 Å². The summed E-state index contributed by atoms with van der Waals surface area (Å²) in [6.07, 6.45) is 2.34. The summed E-state index contributed by atoms with van der Waals surface area (Å²) in [5, 5.41) is 8.90. The quantitative estimate of drug-likeness (QED) is 0.715. The average molecular weight is 289 g/mol. The van der Waals surface area contributed by atoms with Gasteiger partial charge in [0.05, 0.1) is 6.54 Å². The zero-order valence-corrected chi connectivity index (χ0v) is 12.6. The average Bonchev–Trinajstić information content (AvgIpc) is 3.27. The fourth-order valence-electron chi connectivity index (χ4n) is 1.83. The molecule has 5 heteroatoms. The third kappa shape index (κ3) is 5.55. The Morgan fingerprint density at radius 2 is 2.05 bits per heavy atom. The topological polar surface area (TPSA) is 70.2 Å². The summed E-state index contributed by atoms with van der Waals surface area (Å²) in [6.45, 7) is 4.55. The highest BCUT2D eigenvalue weighted by molar-refractivity contribution is 5.92. The predicted molar refractivity (Wildman–Crippen MR) is 82.8 cm³/mol. The fourth-order valence-corrected chi connectivity index (χ4v) is 1.83. The van der Waals surface area contributed by atoms with Crippen LogP contribution in [0, 0.1) is 5.92 Å². The van der Waals surface area contributed by atoms with Crippen molar-refractivity contribution in [2.45, 2.75) is 39.3 Å². The first-order valence-corrected chi connectivity index (χ1v) is 7.44. The van der Waals surface area contributed by atoms with Crippen LogP contribution in [-0.2, 0) is 16.1 Å². The number of hydrogen-bond acceptors (Lipinski definition) is 3. The first-order valence-electron chi connectivity index (χ1n) is 7.44. The normalized spacial score (nSPS) is 14.0. The molecule has 1 aliphatic carbocycles. The molecule has 1 aromatic rings. The summed E-state index contributed by atoms with van der Waals surface area (Å²) in [7, 11) is 0. The van der Waals surface area contributed by atoms with Gasteiger partial charge in [0.15, 0.2) is 0 Å². The number of rotatable bonds is 7. The molecular weight excluding hydrogens is 266 g/mol. The molecule has 21 heavy (non-hydrogen) atoms. The highest BCUT2D eigenvalue weighted by atomic mass is 16.2. The van der Waals surface area contributed by atoms with Gasteiger partial charge in [-0.25, -0.2) is 0 Å². The second-order valence-electron chi connectivity index (χ2n) is 5.78. The number of benzene rings is 1. The summed E-state index contributed by atoms with van der Waals surface area (Å²) >= 11 is 0. The number of hydrogen-bond donors (Lipinski definition) is 3. The van der Waals surface area contributed by atoms with E-state index in [0.717, 1.165) is 11.3 Å². The van der Waals surface area contributed by atoms with Gasteiger partial charge < -0.3 is 16.0 Å². The molecule has 5 nitrogen and oxygen atoms in total. The van der Waals surface area contributed by atoms with Crippen LogP contribution in [0.1, 0.15) is 32.3 Å². The van der Waals surface area contributed by atoms with Gasteiger partial charge in [-0.3, -0.25) is 9.59 Å². The second kappa shape index (κ2) is 7.22. The Balaban J connectivity index is 1.79. The van der Waals surface area contributed by atoms with Gasteiger partial charge in [0.25, 0.3) is 0 Å². The third-order valence-electron chi connectivity index (χ3n) is 3.34. The maximum Gasteiger partial charge on any atom is 0.234 e. The summed E-state index contributed by atoms with van der Waals surface area (Å²) in [5.74, 6) is -0.0646. The SMILES string of the molecule is CC(C)C(=O)Nc1cccc(CNC(=O)CNC2CC2)c1. The molecule has 2 amide bonds. The summed E-state index contributed by atoms with van der Waals surface area (Å²) < 4.78 is 0. The molecule has 1 saturated carbocycles. The molecule has 0 heterocycles. The molecule has 1 fully saturated rings. The third-order valence-corrected chi connectivity index (χ3v) is 3.34. The van der Waals surface area contributed by atoms with Crippen molar-refractivity contribution < 1.29 is 9.59 Å². The molecule has 114 valence electrons. The van der Waals surface area contributed by atoms with Crippen LogP contribution in [0.2, 0.25) is 0 Å². The van der Waals surface area contributed by atoms with Gasteiger partial charge >= 0.3 is 0 Å². The Hall–Kier alpha value is -1.88. The monoisotopic (exact) mass is 289 g/mol. The van der Waals surface area contributed by atoms with Gasteiger partial charge in [-0.2, -0.15) is 0 Å². The first-order chi connectivity index (χ1) is 10.0. The molecule has 0 atom stereocenters. The van der Waals surface area contributed by atoms with Crippen molar-refractivity contribution in [2.75, 3.05) is 11.9 Å². The van der Waals surface area contributed by atoms with Gasteiger partial charge in [0.2, 0.25) is 11.8 Å². The minimum absolute atomic E-state index is 0.00137. The van der Waals surface area contributed by atoms with Crippen molar-refractivity contribution in [1.82, 2.24) is 10.6 Å². The van der Waals surface area contributed by atoms with Crippen LogP contribution in [0.15, 0.2) is 24.3 Å². The molecule has 0 saturated heterocycles. The standard InChI is InChI=1S/C16H23N3O2/c1-11(2)16(21)19-14-5-3-4-12(8-14)9-18-15(20)10-17-13-6-7-13/h3-5,8,11,13,17H,6-7,9-10H2,1-2H3,(H,18,20)(H,19,21). The minimum Gasteiger partial charge on any atom is -0.351 e. The lowest BCUT2D eigenvalue weighted by molar-refractivity contribution is -0.120. The lowest BCUT2D eigenvalue weighted by atomic mass is 10.1. The van der Waals surface area contributed by atoms with Crippen LogP contribution in [-0.4, -0.2) is 24.4 Å². The van der Waals surface area contributed by atoms with Gasteiger partial charge in [-0.15, -0.1) is 0 Å². The first kappa shape index (κ1) is 15.5. The van der Waals surface area contributed by atoms with Gasteiger partial charge in [-0.05, 0) is 30.5 Å². The highest BCUT2D eigenvalue weighted by Gasteiger charge is 2.20. The van der Waals surface area contributed by atoms with E-state index in [2.05, 4.69) is 16.0 Å². The molecule has 1 aliphatic rings. The van der Waals surface area contributed by atoms with Crippen LogP contribution >= 0.6 is 0 Å². The van der Waals surface area contributed by atoms with Gasteiger partial charge in [0, 0.05) is 24.2 Å². The highest BCUT2D eigenvalue weighted by Crippen LogP contribution is 2.18. The molecule has 2 rings (SSSR count). The van der Waals surface area contributed by atoms with E-state index >= 15 is 0 Å². The van der Waals surface area contributed by atoms with Crippen molar-refractivity contribution in [3.63, 3.8) is 0 Å². The van der Waals surface area contributed by atoms with E-state index in [1.807, 2.05) is 38.1 Å². The molecule has 3 N–H and O–H groups in total. The summed E-state index contributed by atoms with van der Waals surface area (Å²) in [6, 6.07) is 8.07. The zero-order chi connectivity index (χ0) is 15.2. The van der Waals surface area contributed by atoms with E-state index in [4.69, 9.17) is 0 Å². The van der Waals surface area contributed by atoms with E-state index in [1.54, 1.807) is 0 Å². The van der Waals surface area contributed by atoms with Crippen molar-refractivity contribution >= 4 is 17.5 Å². The van der Waals surface area contributed by atoms with Crippen molar-refractivity contribution in [3.8, 4) is 0 Å². The number of carbonyl (C=O) groups excluding carboxylic acids is 2. The number of amides is 2.